The van der Waals surface area contributed by atoms with Crippen molar-refractivity contribution in [1.29, 1.82) is 0 Å². The molecule has 0 bridgehead atoms. The van der Waals surface area contributed by atoms with Gasteiger partial charge in [-0.3, -0.25) is 0 Å². The molecule has 1 heteroatoms. The summed E-state index contributed by atoms with van der Waals surface area (Å²) in [6, 6.07) is 15.6. The minimum Gasteiger partial charge on any atom is -0.0812 e. The van der Waals surface area contributed by atoms with Gasteiger partial charge in [-0.2, -0.15) is 0 Å². The van der Waals surface area contributed by atoms with Crippen molar-refractivity contribution in [3.05, 3.63) is 59.2 Å². The van der Waals surface area contributed by atoms with E-state index in [4.69, 9.17) is 0 Å². The minimum atomic E-state index is 1.10. The van der Waals surface area contributed by atoms with Gasteiger partial charge in [-0.1, -0.05) is 65.1 Å². The number of fused-ring (bicyclic) bond motifs is 3. The maximum Gasteiger partial charge on any atom is 0.0247 e. The zero-order valence-electron chi connectivity index (χ0n) is 8.33. The Morgan fingerprint density at radius 2 is 1.73 bits per heavy atom. The van der Waals surface area contributed by atoms with E-state index in [-0.39, 0.29) is 0 Å². The van der Waals surface area contributed by atoms with Crippen molar-refractivity contribution < 1.29 is 0 Å². The Hall–Kier alpha value is -0.830. The topological polar surface area (TPSA) is 0 Å². The fourth-order valence-corrected chi connectivity index (χ4v) is 2.76. The third-order valence-electron chi connectivity index (χ3n) is 3.01. The lowest BCUT2D eigenvalue weighted by Gasteiger charge is -2.02. The van der Waals surface area contributed by atoms with Crippen LogP contribution in [0.25, 0.3) is 11.1 Å². The highest BCUT2D eigenvalue weighted by molar-refractivity contribution is 14.1. The van der Waals surface area contributed by atoms with Crippen LogP contribution in [0.4, 0.5) is 0 Å². The summed E-state index contributed by atoms with van der Waals surface area (Å²) in [4.78, 5) is 0. The summed E-state index contributed by atoms with van der Waals surface area (Å²) in [6.45, 7) is 0. The third-order valence-corrected chi connectivity index (χ3v) is 3.89. The second-order valence-electron chi connectivity index (χ2n) is 3.96. The van der Waals surface area contributed by atoms with E-state index in [1.54, 1.807) is 0 Å². The van der Waals surface area contributed by atoms with Crippen molar-refractivity contribution in [1.82, 2.24) is 0 Å². The van der Waals surface area contributed by atoms with Gasteiger partial charge in [0.25, 0.3) is 0 Å². The average Bonchev–Trinajstić information content (AvgIpc) is 2.66. The minimum absolute atomic E-state index is 1.10. The van der Waals surface area contributed by atoms with E-state index in [1.807, 2.05) is 0 Å². The van der Waals surface area contributed by atoms with Crippen LogP contribution >= 0.6 is 22.6 Å². The number of hydrogen-bond donors (Lipinski definition) is 0. The van der Waals surface area contributed by atoms with Crippen molar-refractivity contribution in [2.24, 2.45) is 0 Å². The molecule has 0 fully saturated rings. The van der Waals surface area contributed by atoms with E-state index >= 15 is 0 Å². The van der Waals surface area contributed by atoms with Gasteiger partial charge in [-0.15, -0.1) is 0 Å². The van der Waals surface area contributed by atoms with Crippen molar-refractivity contribution in [3.63, 3.8) is 0 Å². The zero-order chi connectivity index (χ0) is 10.3. The molecule has 0 unspecified atom stereocenters. The molecule has 1 aliphatic carbocycles. The Kier molecular flexibility index (Phi) is 2.28. The third kappa shape index (κ3) is 1.49. The smallest absolute Gasteiger partial charge is 0.0247 e. The Morgan fingerprint density at radius 1 is 0.933 bits per heavy atom. The van der Waals surface area contributed by atoms with Crippen LogP contribution < -0.4 is 0 Å². The Labute approximate surface area is 103 Å². The molecule has 0 aliphatic heterocycles. The fraction of sp³-hybridized carbons (Fsp3) is 0.143. The van der Waals surface area contributed by atoms with Crippen molar-refractivity contribution in [2.75, 3.05) is 0 Å². The Morgan fingerprint density at radius 3 is 2.60 bits per heavy atom. The second kappa shape index (κ2) is 3.63. The van der Waals surface area contributed by atoms with Crippen LogP contribution in [0.3, 0.4) is 0 Å². The van der Waals surface area contributed by atoms with Gasteiger partial charge < -0.3 is 0 Å². The molecule has 1 aliphatic rings. The van der Waals surface area contributed by atoms with Crippen LogP contribution in [0, 0.1) is 0 Å². The van der Waals surface area contributed by atoms with Gasteiger partial charge in [0.05, 0.1) is 0 Å². The summed E-state index contributed by atoms with van der Waals surface area (Å²) in [6.07, 6.45) is 1.11. The van der Waals surface area contributed by atoms with Gasteiger partial charge in [-0.05, 0) is 34.2 Å². The number of alkyl halides is 1. The van der Waals surface area contributed by atoms with E-state index in [0.717, 1.165) is 10.8 Å². The fourth-order valence-electron chi connectivity index (χ4n) is 2.28. The van der Waals surface area contributed by atoms with Crippen LogP contribution in [0.2, 0.25) is 0 Å². The molecule has 0 heterocycles. The van der Waals surface area contributed by atoms with Gasteiger partial charge in [0.1, 0.15) is 0 Å². The molecule has 0 saturated carbocycles. The molecule has 0 nitrogen and oxygen atoms in total. The zero-order valence-corrected chi connectivity index (χ0v) is 10.5. The van der Waals surface area contributed by atoms with E-state index in [0.29, 0.717) is 0 Å². The first-order valence-corrected chi connectivity index (χ1v) is 6.67. The van der Waals surface area contributed by atoms with Crippen LogP contribution in [-0.4, -0.2) is 0 Å². The summed E-state index contributed by atoms with van der Waals surface area (Å²) in [5.74, 6) is 0. The summed E-state index contributed by atoms with van der Waals surface area (Å²) in [7, 11) is 0. The van der Waals surface area contributed by atoms with Crippen molar-refractivity contribution >= 4 is 22.6 Å². The van der Waals surface area contributed by atoms with Crippen LogP contribution in [0.5, 0.6) is 0 Å². The molecule has 0 spiro atoms. The van der Waals surface area contributed by atoms with Gasteiger partial charge in [0, 0.05) is 4.43 Å². The molecule has 0 radical (unpaired) electrons. The van der Waals surface area contributed by atoms with Gasteiger partial charge in [0.2, 0.25) is 0 Å². The molecular weight excluding hydrogens is 295 g/mol. The molecule has 0 amide bonds. The first kappa shape index (κ1) is 9.40. The Balaban J connectivity index is 2.18. The summed E-state index contributed by atoms with van der Waals surface area (Å²) < 4.78 is 1.10. The second-order valence-corrected chi connectivity index (χ2v) is 4.72. The van der Waals surface area contributed by atoms with Gasteiger partial charge in [0.15, 0.2) is 0 Å². The number of rotatable bonds is 1. The highest BCUT2D eigenvalue weighted by Gasteiger charge is 2.17. The SMILES string of the molecule is ICc1ccc2c(c1)Cc1ccccc1-2. The van der Waals surface area contributed by atoms with Crippen LogP contribution in [-0.2, 0) is 10.8 Å². The summed E-state index contributed by atoms with van der Waals surface area (Å²) >= 11 is 2.42. The molecule has 0 saturated heterocycles. The standard InChI is InChI=1S/C14H11I/c15-9-10-5-6-14-12(7-10)8-11-3-1-2-4-13(11)14/h1-7H,8-9H2. The van der Waals surface area contributed by atoms with Crippen LogP contribution in [0.15, 0.2) is 42.5 Å². The highest BCUT2D eigenvalue weighted by Crippen LogP contribution is 2.36. The molecule has 74 valence electrons. The monoisotopic (exact) mass is 306 g/mol. The first-order chi connectivity index (χ1) is 7.38. The molecule has 2 aromatic carbocycles. The highest BCUT2D eigenvalue weighted by atomic mass is 127. The molecule has 2 aromatic rings. The van der Waals surface area contributed by atoms with Gasteiger partial charge >= 0.3 is 0 Å². The van der Waals surface area contributed by atoms with Gasteiger partial charge in [-0.25, -0.2) is 0 Å². The first-order valence-electron chi connectivity index (χ1n) is 5.14. The average molecular weight is 306 g/mol. The van der Waals surface area contributed by atoms with Crippen molar-refractivity contribution in [3.8, 4) is 11.1 Å². The lowest BCUT2D eigenvalue weighted by atomic mass is 10.0. The summed E-state index contributed by atoms with van der Waals surface area (Å²) in [5.41, 5.74) is 7.25. The maximum atomic E-state index is 2.42. The summed E-state index contributed by atoms with van der Waals surface area (Å²) in [5, 5.41) is 0. The lowest BCUT2D eigenvalue weighted by molar-refractivity contribution is 1.25. The van der Waals surface area contributed by atoms with E-state index in [1.165, 1.54) is 27.8 Å². The van der Waals surface area contributed by atoms with Crippen LogP contribution in [0.1, 0.15) is 16.7 Å². The molecule has 15 heavy (non-hydrogen) atoms. The molecule has 3 rings (SSSR count). The predicted molar refractivity (Wildman–Crippen MR) is 72.4 cm³/mol. The Bertz CT molecular complexity index is 514. The molecule has 0 N–H and O–H groups in total. The lowest BCUT2D eigenvalue weighted by Crippen LogP contribution is -1.83. The molecule has 0 atom stereocenters. The number of hydrogen-bond acceptors (Lipinski definition) is 0. The van der Waals surface area contributed by atoms with Crippen molar-refractivity contribution in [2.45, 2.75) is 10.8 Å². The molecular formula is C14H11I. The molecule has 0 aromatic heterocycles. The number of benzene rings is 2. The predicted octanol–water partition coefficient (Wildman–Crippen LogP) is 4.19. The number of halogens is 1. The van der Waals surface area contributed by atoms with E-state index in [2.05, 4.69) is 65.1 Å². The normalized spacial score (nSPS) is 12.3. The van der Waals surface area contributed by atoms with E-state index < -0.39 is 0 Å². The quantitative estimate of drug-likeness (QED) is 0.467. The maximum absolute atomic E-state index is 2.42. The van der Waals surface area contributed by atoms with E-state index in [9.17, 15) is 0 Å². The largest absolute Gasteiger partial charge is 0.0812 e.